The Balaban J connectivity index is 1.48. The van der Waals surface area contributed by atoms with Gasteiger partial charge in [-0.3, -0.25) is 9.69 Å². The number of nitrogens with one attached hydrogen (secondary N) is 1. The third-order valence-corrected chi connectivity index (χ3v) is 8.70. The fourth-order valence-corrected chi connectivity index (χ4v) is 6.55. The first-order chi connectivity index (χ1) is 19.2. The summed E-state index contributed by atoms with van der Waals surface area (Å²) in [5.41, 5.74) is 3.83. The summed E-state index contributed by atoms with van der Waals surface area (Å²) < 4.78 is 2.02. The van der Waals surface area contributed by atoms with Gasteiger partial charge in [0.2, 0.25) is 0 Å². The van der Waals surface area contributed by atoms with Crippen LogP contribution >= 0.6 is 11.3 Å². The Morgan fingerprint density at radius 3 is 2.69 bits per heavy atom. The van der Waals surface area contributed by atoms with Crippen LogP contribution in [0.4, 0.5) is 0 Å². The van der Waals surface area contributed by atoms with Crippen molar-refractivity contribution in [1.82, 2.24) is 30.1 Å². The molecule has 1 N–H and O–H groups in total. The smallest absolute Gasteiger partial charge is 0.253 e. The van der Waals surface area contributed by atoms with Crippen molar-refractivity contribution in [2.24, 2.45) is 0 Å². The predicted molar refractivity (Wildman–Crippen MR) is 156 cm³/mol. The van der Waals surface area contributed by atoms with Crippen molar-refractivity contribution in [2.75, 3.05) is 6.54 Å². The number of hydrogen-bond donors (Lipinski definition) is 1. The lowest BCUT2D eigenvalue weighted by Crippen LogP contribution is -2.36. The van der Waals surface area contributed by atoms with Crippen LogP contribution in [0.15, 0.2) is 76.9 Å². The summed E-state index contributed by atoms with van der Waals surface area (Å²) in [6.45, 7) is 3.51. The molecule has 8 heteroatoms. The molecule has 0 radical (unpaired) electrons. The van der Waals surface area contributed by atoms with Crippen LogP contribution in [0.3, 0.4) is 0 Å². The van der Waals surface area contributed by atoms with Gasteiger partial charge in [0.15, 0.2) is 5.82 Å². The third kappa shape index (κ3) is 5.72. The zero-order valence-electron chi connectivity index (χ0n) is 22.3. The van der Waals surface area contributed by atoms with Gasteiger partial charge in [0.1, 0.15) is 6.04 Å². The van der Waals surface area contributed by atoms with Gasteiger partial charge in [-0.2, -0.15) is 0 Å². The van der Waals surface area contributed by atoms with E-state index in [0.29, 0.717) is 12.1 Å². The summed E-state index contributed by atoms with van der Waals surface area (Å²) in [6, 6.07) is 22.9. The quantitative estimate of drug-likeness (QED) is 0.241. The highest BCUT2D eigenvalue weighted by Gasteiger charge is 2.33. The van der Waals surface area contributed by atoms with Crippen LogP contribution in [0.25, 0.3) is 10.9 Å². The monoisotopic (exact) mass is 538 g/mol. The average molecular weight is 539 g/mol. The van der Waals surface area contributed by atoms with E-state index in [2.05, 4.69) is 79.3 Å². The Labute approximate surface area is 232 Å². The molecule has 0 amide bonds. The van der Waals surface area contributed by atoms with Gasteiger partial charge in [0.25, 0.3) is 5.56 Å². The van der Waals surface area contributed by atoms with Crippen molar-refractivity contribution in [2.45, 2.75) is 64.1 Å². The summed E-state index contributed by atoms with van der Waals surface area (Å²) >= 11 is 1.74. The second-order valence-electron chi connectivity index (χ2n) is 10.6. The number of aromatic amines is 1. The molecule has 6 rings (SSSR count). The largest absolute Gasteiger partial charge is 0.322 e. The first kappa shape index (κ1) is 25.6. The Hall–Kier alpha value is -3.62. The number of pyridine rings is 1. The maximum atomic E-state index is 13.8. The van der Waals surface area contributed by atoms with Crippen LogP contribution in [0, 0.1) is 6.92 Å². The van der Waals surface area contributed by atoms with E-state index in [0.717, 1.165) is 48.1 Å². The molecule has 0 aliphatic heterocycles. The summed E-state index contributed by atoms with van der Waals surface area (Å²) in [7, 11) is 0. The lowest BCUT2D eigenvalue weighted by molar-refractivity contribution is 0.198. The predicted octanol–water partition coefficient (Wildman–Crippen LogP) is 6.22. The standard InChI is InChI=1S/C31H34N6OS/c1-22-14-15-24-20-27(31(38)32-28(24)19-22)29(30-33-34-35-37(30)25-11-6-3-7-12-25)36(21-26-13-8-18-39-26)17-16-23-9-4-2-5-10-23/h2,4-5,8-10,13-15,18-20,25,29H,3,6-7,11-12,16-17,21H2,1H3,(H,32,38)/t29-/m0/s1. The maximum Gasteiger partial charge on any atom is 0.253 e. The van der Waals surface area contributed by atoms with E-state index in [1.165, 1.54) is 29.7 Å². The Morgan fingerprint density at radius 1 is 1.05 bits per heavy atom. The van der Waals surface area contributed by atoms with Gasteiger partial charge in [-0.1, -0.05) is 67.8 Å². The minimum Gasteiger partial charge on any atom is -0.322 e. The summed E-state index contributed by atoms with van der Waals surface area (Å²) in [4.78, 5) is 20.6. The van der Waals surface area contributed by atoms with E-state index in [1.807, 2.05) is 29.8 Å². The van der Waals surface area contributed by atoms with E-state index >= 15 is 0 Å². The molecule has 3 aromatic heterocycles. The highest BCUT2D eigenvalue weighted by molar-refractivity contribution is 7.09. The number of thiophene rings is 1. The molecule has 1 atom stereocenters. The maximum absolute atomic E-state index is 13.8. The van der Waals surface area contributed by atoms with Crippen molar-refractivity contribution in [3.8, 4) is 0 Å². The van der Waals surface area contributed by atoms with Gasteiger partial charge in [-0.25, -0.2) is 4.68 Å². The average Bonchev–Trinajstić information content (AvgIpc) is 3.66. The SMILES string of the molecule is Cc1ccc2cc([C@@H](c3nnnn3C3CCCCC3)N(CCc3ccccc3)Cc3cccs3)c(=O)[nH]c2c1. The number of aromatic nitrogens is 5. The molecule has 3 heterocycles. The second-order valence-corrected chi connectivity index (χ2v) is 11.6. The molecule has 1 aliphatic rings. The van der Waals surface area contributed by atoms with Crippen LogP contribution in [0.1, 0.15) is 71.6 Å². The number of fused-ring (bicyclic) bond motifs is 1. The highest BCUT2D eigenvalue weighted by atomic mass is 32.1. The fraction of sp³-hybridized carbons (Fsp3) is 0.355. The summed E-state index contributed by atoms with van der Waals surface area (Å²) in [5, 5.41) is 16.4. The molecule has 0 bridgehead atoms. The topological polar surface area (TPSA) is 79.7 Å². The van der Waals surface area contributed by atoms with Crippen molar-refractivity contribution in [1.29, 1.82) is 0 Å². The molecule has 7 nitrogen and oxygen atoms in total. The molecule has 39 heavy (non-hydrogen) atoms. The molecule has 0 saturated heterocycles. The van der Waals surface area contributed by atoms with Gasteiger partial charge in [0, 0.05) is 29.0 Å². The zero-order valence-corrected chi connectivity index (χ0v) is 23.1. The molecule has 0 spiro atoms. The molecule has 200 valence electrons. The molecular weight excluding hydrogens is 504 g/mol. The molecule has 1 saturated carbocycles. The van der Waals surface area contributed by atoms with Gasteiger partial charge < -0.3 is 4.98 Å². The van der Waals surface area contributed by atoms with E-state index in [-0.39, 0.29) is 17.6 Å². The lowest BCUT2D eigenvalue weighted by Gasteiger charge is -2.32. The number of nitrogens with zero attached hydrogens (tertiary/aromatic N) is 5. The third-order valence-electron chi connectivity index (χ3n) is 7.84. The molecule has 5 aromatic rings. The zero-order chi connectivity index (χ0) is 26.6. The van der Waals surface area contributed by atoms with Crippen molar-refractivity contribution in [3.63, 3.8) is 0 Å². The van der Waals surface area contributed by atoms with Gasteiger partial charge in [-0.05, 0) is 76.7 Å². The minimum atomic E-state index is -0.387. The highest BCUT2D eigenvalue weighted by Crippen LogP contribution is 2.34. The summed E-state index contributed by atoms with van der Waals surface area (Å²) in [6.07, 6.45) is 6.59. The number of rotatable bonds is 9. The summed E-state index contributed by atoms with van der Waals surface area (Å²) in [5.74, 6) is 0.753. The van der Waals surface area contributed by atoms with Crippen molar-refractivity contribution in [3.05, 3.63) is 110 Å². The first-order valence-electron chi connectivity index (χ1n) is 13.9. The first-order valence-corrected chi connectivity index (χ1v) is 14.8. The Morgan fingerprint density at radius 2 is 1.90 bits per heavy atom. The van der Waals surface area contributed by atoms with E-state index in [9.17, 15) is 4.79 Å². The van der Waals surface area contributed by atoms with Crippen LogP contribution < -0.4 is 5.56 Å². The lowest BCUT2D eigenvalue weighted by atomic mass is 9.95. The molecule has 0 unspecified atom stereocenters. The van der Waals surface area contributed by atoms with Crippen molar-refractivity contribution < 1.29 is 0 Å². The molecule has 1 aliphatic carbocycles. The van der Waals surface area contributed by atoms with Crippen LogP contribution in [0.5, 0.6) is 0 Å². The number of tetrazole rings is 1. The van der Waals surface area contributed by atoms with E-state index in [1.54, 1.807) is 11.3 Å². The van der Waals surface area contributed by atoms with E-state index < -0.39 is 0 Å². The number of benzene rings is 2. The van der Waals surface area contributed by atoms with Crippen molar-refractivity contribution >= 4 is 22.2 Å². The Kier molecular flexibility index (Phi) is 7.65. The number of hydrogen-bond acceptors (Lipinski definition) is 6. The number of H-pyrrole nitrogens is 1. The van der Waals surface area contributed by atoms with Gasteiger partial charge in [0.05, 0.1) is 6.04 Å². The fourth-order valence-electron chi connectivity index (χ4n) is 5.82. The molecular formula is C31H34N6OS. The van der Waals surface area contributed by atoms with Crippen LogP contribution in [-0.2, 0) is 13.0 Å². The Bertz CT molecular complexity index is 1570. The van der Waals surface area contributed by atoms with Crippen LogP contribution in [-0.4, -0.2) is 36.6 Å². The number of aryl methyl sites for hydroxylation is 1. The molecule has 1 fully saturated rings. The van der Waals surface area contributed by atoms with E-state index in [4.69, 9.17) is 0 Å². The normalized spacial score (nSPS) is 15.2. The minimum absolute atomic E-state index is 0.0906. The van der Waals surface area contributed by atoms with Gasteiger partial charge >= 0.3 is 0 Å². The van der Waals surface area contributed by atoms with Crippen LogP contribution in [0.2, 0.25) is 0 Å². The van der Waals surface area contributed by atoms with Gasteiger partial charge in [-0.15, -0.1) is 16.4 Å². The second kappa shape index (κ2) is 11.6. The molecule has 2 aromatic carbocycles.